The Morgan fingerprint density at radius 1 is 1.03 bits per heavy atom. The van der Waals surface area contributed by atoms with Crippen molar-refractivity contribution in [3.05, 3.63) is 52.6 Å². The minimum Gasteiger partial charge on any atom is -0.338 e. The summed E-state index contributed by atoms with van der Waals surface area (Å²) in [5.41, 5.74) is 12.4. The Morgan fingerprint density at radius 2 is 1.64 bits per heavy atom. The lowest BCUT2D eigenvalue weighted by molar-refractivity contribution is -0.137. The number of nitrogens with zero attached hydrogens (tertiary/aromatic N) is 5. The third-order valence-electron chi connectivity index (χ3n) is 7.40. The topological polar surface area (TPSA) is 143 Å². The van der Waals surface area contributed by atoms with Crippen molar-refractivity contribution in [3.8, 4) is 5.69 Å². The van der Waals surface area contributed by atoms with Crippen LogP contribution in [0, 0.1) is 11.8 Å². The quantitative estimate of drug-likeness (QED) is 0.532. The highest BCUT2D eigenvalue weighted by Gasteiger charge is 2.53. The number of nitrogens with one attached hydrogen (secondary N) is 1. The summed E-state index contributed by atoms with van der Waals surface area (Å²) in [6, 6.07) is 9.49. The number of piperazine rings is 1. The fraction of sp³-hybridized carbons (Fsp3) is 0.520. The van der Waals surface area contributed by atoms with E-state index in [1.807, 2.05) is 24.3 Å². The fourth-order valence-corrected chi connectivity index (χ4v) is 5.19. The maximum atomic E-state index is 12.7. The van der Waals surface area contributed by atoms with E-state index in [1.54, 1.807) is 35.9 Å². The molecule has 5 rings (SSSR count). The normalized spacial score (nSPS) is 23.9. The minimum atomic E-state index is -0.943. The van der Waals surface area contributed by atoms with E-state index in [-0.39, 0.29) is 17.8 Å². The van der Waals surface area contributed by atoms with E-state index in [1.165, 1.54) is 10.1 Å². The summed E-state index contributed by atoms with van der Waals surface area (Å²) in [4.78, 5) is 47.4. The monoisotopic (exact) mass is 494 g/mol. The van der Waals surface area contributed by atoms with Crippen LogP contribution in [0.2, 0.25) is 0 Å². The molecule has 11 heteroatoms. The molecule has 0 spiro atoms. The molecule has 3 heterocycles. The van der Waals surface area contributed by atoms with Gasteiger partial charge in [-0.1, -0.05) is 12.1 Å². The molecule has 1 aliphatic carbocycles. The van der Waals surface area contributed by atoms with Crippen molar-refractivity contribution in [1.29, 1.82) is 0 Å². The Balaban J connectivity index is 1.15. The lowest BCUT2D eigenvalue weighted by Gasteiger charge is -2.37. The number of carbonyl (C=O) groups excluding carboxylic acids is 2. The maximum absolute atomic E-state index is 12.7. The van der Waals surface area contributed by atoms with Crippen LogP contribution in [0.3, 0.4) is 0 Å². The third-order valence-corrected chi connectivity index (χ3v) is 7.40. The van der Waals surface area contributed by atoms with Crippen molar-refractivity contribution >= 4 is 17.8 Å². The van der Waals surface area contributed by atoms with Crippen LogP contribution in [0.15, 0.2) is 41.3 Å². The highest BCUT2D eigenvalue weighted by molar-refractivity contribution is 5.89. The Morgan fingerprint density at radius 3 is 2.22 bits per heavy atom. The average Bonchev–Trinajstić information content (AvgIpc) is 3.23. The second-order valence-corrected chi connectivity index (χ2v) is 10.7. The zero-order valence-corrected chi connectivity index (χ0v) is 20.8. The highest BCUT2D eigenvalue weighted by atomic mass is 16.2. The first-order chi connectivity index (χ1) is 17.1. The highest BCUT2D eigenvalue weighted by Crippen LogP contribution is 2.44. The first-order valence-corrected chi connectivity index (χ1v) is 12.4. The van der Waals surface area contributed by atoms with E-state index in [4.69, 9.17) is 11.5 Å². The van der Waals surface area contributed by atoms with E-state index in [2.05, 4.69) is 15.2 Å². The average molecular weight is 495 g/mol. The minimum absolute atomic E-state index is 0.141. The summed E-state index contributed by atoms with van der Waals surface area (Å²) in [6.07, 6.45) is 1.61. The third kappa shape index (κ3) is 4.99. The number of nitrogens with two attached hydrogens (primary N) is 2. The summed E-state index contributed by atoms with van der Waals surface area (Å²) in [5.74, 6) is 1.36. The largest absolute Gasteiger partial charge is 0.354 e. The van der Waals surface area contributed by atoms with Crippen LogP contribution in [0.25, 0.3) is 5.69 Å². The molecule has 2 unspecified atom stereocenters. The van der Waals surface area contributed by atoms with E-state index in [0.717, 1.165) is 19.6 Å². The molecule has 192 valence electrons. The molecule has 2 aromatic rings. The standard InChI is InChI=1S/C25H34N8O3/c1-25(2,27)22(34)31-9-11-32(12-10-31)23(35)28-20-7-8-33(24(36)29-20)17-5-3-16(4-6-17)13-30-14-18-19(15-30)21(18)26/h3-8,18-19,21H,9-15,26-27H2,1-2H3,(H,28,29,35,36). The van der Waals surface area contributed by atoms with E-state index in [9.17, 15) is 14.4 Å². The number of likely N-dealkylation sites (tertiary alicyclic amines) is 1. The van der Waals surface area contributed by atoms with Gasteiger partial charge in [0.05, 0.1) is 11.2 Å². The van der Waals surface area contributed by atoms with Gasteiger partial charge in [-0.3, -0.25) is 19.6 Å². The number of benzene rings is 1. The van der Waals surface area contributed by atoms with Gasteiger partial charge in [-0.2, -0.15) is 4.98 Å². The first-order valence-electron chi connectivity index (χ1n) is 12.4. The molecule has 2 aliphatic heterocycles. The van der Waals surface area contributed by atoms with Crippen LogP contribution in [0.1, 0.15) is 19.4 Å². The molecule has 1 saturated carbocycles. The number of fused-ring (bicyclic) bond motifs is 1. The molecule has 3 amide bonds. The Labute approximate surface area is 210 Å². The SMILES string of the molecule is CC(C)(N)C(=O)N1CCN(C(=O)Nc2ccn(-c3ccc(CN4CC5C(N)C5C4)cc3)c(=O)n2)CC1. The maximum Gasteiger partial charge on any atom is 0.354 e. The zero-order chi connectivity index (χ0) is 25.6. The molecule has 1 aromatic heterocycles. The van der Waals surface area contributed by atoms with Gasteiger partial charge in [0.25, 0.3) is 0 Å². The van der Waals surface area contributed by atoms with Crippen LogP contribution in [0.5, 0.6) is 0 Å². The summed E-state index contributed by atoms with van der Waals surface area (Å²) < 4.78 is 1.45. The van der Waals surface area contributed by atoms with Gasteiger partial charge in [-0.15, -0.1) is 0 Å². The fourth-order valence-electron chi connectivity index (χ4n) is 5.19. The van der Waals surface area contributed by atoms with Gasteiger partial charge in [0.1, 0.15) is 5.82 Å². The van der Waals surface area contributed by atoms with Crippen LogP contribution in [-0.4, -0.2) is 87.0 Å². The lowest BCUT2D eigenvalue weighted by atomic mass is 10.1. The number of hydrogen-bond acceptors (Lipinski definition) is 7. The molecule has 3 aliphatic rings. The molecule has 0 bridgehead atoms. The van der Waals surface area contributed by atoms with Crippen LogP contribution >= 0.6 is 0 Å². The van der Waals surface area contributed by atoms with Crippen LogP contribution in [0.4, 0.5) is 10.6 Å². The van der Waals surface area contributed by atoms with Crippen molar-refractivity contribution in [3.63, 3.8) is 0 Å². The van der Waals surface area contributed by atoms with Gasteiger partial charge in [0.15, 0.2) is 0 Å². The number of amides is 3. The second kappa shape index (κ2) is 9.30. The van der Waals surface area contributed by atoms with Crippen LogP contribution < -0.4 is 22.5 Å². The molecule has 36 heavy (non-hydrogen) atoms. The molecule has 5 N–H and O–H groups in total. The molecule has 11 nitrogen and oxygen atoms in total. The predicted octanol–water partition coefficient (Wildman–Crippen LogP) is 0.0348. The Kier molecular flexibility index (Phi) is 6.31. The van der Waals surface area contributed by atoms with Crippen molar-refractivity contribution in [2.75, 3.05) is 44.6 Å². The molecule has 1 aromatic carbocycles. The lowest BCUT2D eigenvalue weighted by Crippen LogP contribution is -2.58. The molecular weight excluding hydrogens is 460 g/mol. The zero-order valence-electron chi connectivity index (χ0n) is 20.8. The van der Waals surface area contributed by atoms with Crippen LogP contribution in [-0.2, 0) is 11.3 Å². The van der Waals surface area contributed by atoms with Crippen molar-refractivity contribution in [2.24, 2.45) is 23.3 Å². The molecule has 0 radical (unpaired) electrons. The molecular formula is C25H34N8O3. The first kappa shape index (κ1) is 24.4. The van der Waals surface area contributed by atoms with Crippen molar-refractivity contribution in [1.82, 2.24) is 24.3 Å². The Hall–Kier alpha value is -3.28. The van der Waals surface area contributed by atoms with Gasteiger partial charge in [-0.05, 0) is 49.4 Å². The Bertz CT molecular complexity index is 1190. The summed E-state index contributed by atoms with van der Waals surface area (Å²) in [5, 5.41) is 2.69. The van der Waals surface area contributed by atoms with Gasteiger partial charge < -0.3 is 21.3 Å². The molecule has 2 saturated heterocycles. The number of aromatic nitrogens is 2. The van der Waals surface area contributed by atoms with Crippen molar-refractivity contribution < 1.29 is 9.59 Å². The molecule has 2 atom stereocenters. The van der Waals surface area contributed by atoms with Gasteiger partial charge in [0.2, 0.25) is 5.91 Å². The summed E-state index contributed by atoms with van der Waals surface area (Å²) >= 11 is 0. The second-order valence-electron chi connectivity index (χ2n) is 10.7. The smallest absolute Gasteiger partial charge is 0.338 e. The van der Waals surface area contributed by atoms with Gasteiger partial charge >= 0.3 is 11.7 Å². The van der Waals surface area contributed by atoms with E-state index >= 15 is 0 Å². The predicted molar refractivity (Wildman–Crippen MR) is 136 cm³/mol. The number of urea groups is 1. The number of anilines is 1. The van der Waals surface area contributed by atoms with E-state index < -0.39 is 11.2 Å². The number of hydrogen-bond donors (Lipinski definition) is 3. The number of rotatable bonds is 5. The molecule has 3 fully saturated rings. The summed E-state index contributed by atoms with van der Waals surface area (Å²) in [7, 11) is 0. The number of carbonyl (C=O) groups is 2. The number of piperidine rings is 1. The van der Waals surface area contributed by atoms with Gasteiger partial charge in [-0.25, -0.2) is 9.59 Å². The van der Waals surface area contributed by atoms with Gasteiger partial charge in [0, 0.05) is 58.1 Å². The van der Waals surface area contributed by atoms with E-state index in [0.29, 0.717) is 49.7 Å². The summed E-state index contributed by atoms with van der Waals surface area (Å²) in [6.45, 7) is 7.91. The van der Waals surface area contributed by atoms with Crippen molar-refractivity contribution in [2.45, 2.75) is 32.0 Å².